The Kier molecular flexibility index (Phi) is 8.20. The van der Waals surface area contributed by atoms with Crippen LogP contribution in [0.5, 0.6) is 0 Å². The summed E-state index contributed by atoms with van der Waals surface area (Å²) in [6, 6.07) is 21.3. The van der Waals surface area contributed by atoms with Crippen molar-refractivity contribution in [1.82, 2.24) is 0 Å². The van der Waals surface area contributed by atoms with Gasteiger partial charge in [-0.05, 0) is 48.5 Å². The predicted molar refractivity (Wildman–Crippen MR) is 148 cm³/mol. The summed E-state index contributed by atoms with van der Waals surface area (Å²) in [5.74, 6) is 0.603. The topological polar surface area (TPSA) is 60.3 Å². The van der Waals surface area contributed by atoms with E-state index in [9.17, 15) is 5.11 Å². The maximum absolute atomic E-state index is 9.50. The van der Waals surface area contributed by atoms with Gasteiger partial charge in [-0.3, -0.25) is 0 Å². The van der Waals surface area contributed by atoms with E-state index in [-0.39, 0.29) is 22.8 Å². The summed E-state index contributed by atoms with van der Waals surface area (Å²) in [5, 5.41) is 11.8. The molecule has 0 radical (unpaired) electrons. The summed E-state index contributed by atoms with van der Waals surface area (Å²) < 4.78 is 20.2. The number of unbranched alkanes of at least 4 members (excludes halogenated alkanes) is 1. The fourth-order valence-electron chi connectivity index (χ4n) is 5.40. The van der Waals surface area contributed by atoms with Gasteiger partial charge < -0.3 is 19.0 Å². The number of aliphatic imine (C=N–C) groups is 1. The summed E-state index contributed by atoms with van der Waals surface area (Å²) in [7, 11) is -2.81. The first-order valence-electron chi connectivity index (χ1n) is 13.1. The van der Waals surface area contributed by atoms with Crippen molar-refractivity contribution < 1.29 is 19.0 Å². The molecule has 2 heterocycles. The van der Waals surface area contributed by atoms with Gasteiger partial charge in [-0.1, -0.05) is 87.5 Å². The van der Waals surface area contributed by atoms with Gasteiger partial charge >= 0.3 is 0 Å². The molecule has 0 saturated carbocycles. The summed E-state index contributed by atoms with van der Waals surface area (Å²) in [4.78, 5) is 4.79. The van der Waals surface area contributed by atoms with Crippen LogP contribution in [-0.4, -0.2) is 49.8 Å². The standard InChI is InChI=1S/C30H41NO4Si/c1-23(32)15-9-8-14-20-31-28-27(26-21-30(5,34-28)22-33-26)35-36(29(2,3)4,24-16-10-6-11-17-24)25-18-12-7-13-19-25/h6-7,10-14,16-20,23,26-27,32H,8-9,15,21-22H2,1-5H3/b20-14+,31-28?/t23?,26?,27-,30?/m1/s1. The van der Waals surface area contributed by atoms with Crippen molar-refractivity contribution in [3.05, 3.63) is 72.9 Å². The number of fused-ring (bicyclic) bond motifs is 2. The molecule has 2 saturated heterocycles. The highest BCUT2D eigenvalue weighted by Gasteiger charge is 2.57. The fourth-order valence-corrected chi connectivity index (χ4v) is 10.0. The van der Waals surface area contributed by atoms with Gasteiger partial charge in [0.1, 0.15) is 11.7 Å². The van der Waals surface area contributed by atoms with Crippen molar-refractivity contribution in [2.75, 3.05) is 6.61 Å². The SMILES string of the molecule is CC(O)CCC/C=C/N=C1OC2(C)COC(C2)[C@H]1O[Si](c1ccccc1)(c1ccccc1)C(C)(C)C. The van der Waals surface area contributed by atoms with Crippen molar-refractivity contribution in [2.24, 2.45) is 4.99 Å². The zero-order valence-corrected chi connectivity index (χ0v) is 23.3. The van der Waals surface area contributed by atoms with Crippen LogP contribution in [0.15, 0.2) is 77.9 Å². The number of allylic oxidation sites excluding steroid dienone is 1. The van der Waals surface area contributed by atoms with Crippen LogP contribution in [0, 0.1) is 0 Å². The summed E-state index contributed by atoms with van der Waals surface area (Å²) >= 11 is 0. The Hall–Kier alpha value is -2.25. The molecule has 0 spiro atoms. The van der Waals surface area contributed by atoms with Crippen molar-refractivity contribution in [3.63, 3.8) is 0 Å². The zero-order valence-electron chi connectivity index (χ0n) is 22.3. The number of rotatable bonds is 9. The highest BCUT2D eigenvalue weighted by atomic mass is 28.4. The molecule has 1 N–H and O–H groups in total. The first-order valence-corrected chi connectivity index (χ1v) is 15.1. The minimum Gasteiger partial charge on any atom is -0.470 e. The fraction of sp³-hybridized carbons (Fsp3) is 0.500. The molecule has 2 bridgehead atoms. The van der Waals surface area contributed by atoms with E-state index in [0.29, 0.717) is 12.5 Å². The Labute approximate surface area is 217 Å². The molecule has 2 aliphatic rings. The molecule has 3 unspecified atom stereocenters. The molecule has 2 aromatic rings. The van der Waals surface area contributed by atoms with Gasteiger partial charge in [0.2, 0.25) is 5.90 Å². The monoisotopic (exact) mass is 507 g/mol. The van der Waals surface area contributed by atoms with E-state index in [0.717, 1.165) is 25.7 Å². The highest BCUT2D eigenvalue weighted by Crippen LogP contribution is 2.42. The second-order valence-electron chi connectivity index (χ2n) is 11.4. The number of aliphatic hydroxyl groups is 1. The van der Waals surface area contributed by atoms with Gasteiger partial charge in [0.25, 0.3) is 8.32 Å². The second kappa shape index (κ2) is 11.0. The molecule has 0 aliphatic carbocycles. The number of ether oxygens (including phenoxy) is 2. The average molecular weight is 508 g/mol. The first-order chi connectivity index (χ1) is 17.1. The number of nitrogens with zero attached hydrogens (tertiary/aromatic N) is 1. The Morgan fingerprint density at radius 2 is 1.72 bits per heavy atom. The Morgan fingerprint density at radius 1 is 1.11 bits per heavy atom. The van der Waals surface area contributed by atoms with Crippen molar-refractivity contribution >= 4 is 24.6 Å². The lowest BCUT2D eigenvalue weighted by atomic mass is 9.96. The van der Waals surface area contributed by atoms with E-state index >= 15 is 0 Å². The number of aliphatic hydroxyl groups excluding tert-OH is 1. The second-order valence-corrected chi connectivity index (χ2v) is 15.7. The van der Waals surface area contributed by atoms with E-state index in [1.165, 1.54) is 10.4 Å². The van der Waals surface area contributed by atoms with Crippen molar-refractivity contribution in [3.8, 4) is 0 Å². The quantitative estimate of drug-likeness (QED) is 0.384. The molecule has 2 fully saturated rings. The van der Waals surface area contributed by atoms with Crippen LogP contribution in [0.25, 0.3) is 0 Å². The van der Waals surface area contributed by atoms with Gasteiger partial charge in [-0.2, -0.15) is 0 Å². The smallest absolute Gasteiger partial charge is 0.262 e. The molecule has 0 aromatic heterocycles. The van der Waals surface area contributed by atoms with Crippen LogP contribution in [0.3, 0.4) is 0 Å². The Balaban J connectivity index is 1.73. The summed E-state index contributed by atoms with van der Waals surface area (Å²) in [6.07, 6.45) is 6.44. The van der Waals surface area contributed by atoms with Gasteiger partial charge in [0, 0.05) is 12.6 Å². The molecule has 4 rings (SSSR count). The third-order valence-corrected chi connectivity index (χ3v) is 12.2. The lowest BCUT2D eigenvalue weighted by Gasteiger charge is -2.47. The van der Waals surface area contributed by atoms with E-state index in [4.69, 9.17) is 18.9 Å². The Morgan fingerprint density at radius 3 is 2.28 bits per heavy atom. The minimum atomic E-state index is -2.81. The highest BCUT2D eigenvalue weighted by molar-refractivity contribution is 6.99. The largest absolute Gasteiger partial charge is 0.470 e. The molecule has 6 heteroatoms. The minimum absolute atomic E-state index is 0.104. The third kappa shape index (κ3) is 5.67. The normalized spacial score (nSPS) is 26.3. The Bertz CT molecular complexity index is 1010. The summed E-state index contributed by atoms with van der Waals surface area (Å²) in [6.45, 7) is 11.3. The lowest BCUT2D eigenvalue weighted by Crippen LogP contribution is -2.69. The number of hydrogen-bond donors (Lipinski definition) is 1. The van der Waals surface area contributed by atoms with Gasteiger partial charge in [-0.25, -0.2) is 4.99 Å². The van der Waals surface area contributed by atoms with Gasteiger partial charge in [0.05, 0.1) is 18.8 Å². The third-order valence-electron chi connectivity index (χ3n) is 7.19. The molecule has 4 atom stereocenters. The molecular weight excluding hydrogens is 466 g/mol. The number of benzene rings is 2. The molecule has 194 valence electrons. The van der Waals surface area contributed by atoms with Crippen LogP contribution in [0.1, 0.15) is 60.3 Å². The molecule has 2 aliphatic heterocycles. The zero-order chi connectivity index (χ0) is 25.8. The predicted octanol–water partition coefficient (Wildman–Crippen LogP) is 4.97. The lowest BCUT2D eigenvalue weighted by molar-refractivity contribution is 0.0276. The van der Waals surface area contributed by atoms with Crippen molar-refractivity contribution in [1.29, 1.82) is 0 Å². The van der Waals surface area contributed by atoms with E-state index < -0.39 is 14.4 Å². The van der Waals surface area contributed by atoms with Crippen LogP contribution >= 0.6 is 0 Å². The molecule has 2 aromatic carbocycles. The van der Waals surface area contributed by atoms with Crippen LogP contribution in [0.4, 0.5) is 0 Å². The van der Waals surface area contributed by atoms with Crippen LogP contribution in [0.2, 0.25) is 5.04 Å². The van der Waals surface area contributed by atoms with Crippen LogP contribution in [-0.2, 0) is 13.9 Å². The van der Waals surface area contributed by atoms with E-state index in [2.05, 4.69) is 88.4 Å². The molecule has 0 amide bonds. The van der Waals surface area contributed by atoms with E-state index in [1.54, 1.807) is 0 Å². The van der Waals surface area contributed by atoms with E-state index in [1.807, 2.05) is 19.2 Å². The maximum Gasteiger partial charge on any atom is 0.262 e. The maximum atomic E-state index is 9.50. The van der Waals surface area contributed by atoms with Crippen molar-refractivity contribution in [2.45, 2.75) is 89.3 Å². The van der Waals surface area contributed by atoms with Crippen LogP contribution < -0.4 is 10.4 Å². The first kappa shape index (κ1) is 26.8. The van der Waals surface area contributed by atoms with Gasteiger partial charge in [0.15, 0.2) is 0 Å². The van der Waals surface area contributed by atoms with Gasteiger partial charge in [-0.15, -0.1) is 0 Å². The molecule has 36 heavy (non-hydrogen) atoms. The number of hydrogen-bond acceptors (Lipinski definition) is 5. The molecular formula is C30H41NO4Si. The average Bonchev–Trinajstić information content (AvgIpc) is 3.17. The summed E-state index contributed by atoms with van der Waals surface area (Å²) in [5.41, 5.74) is -0.380. The molecule has 5 nitrogen and oxygen atoms in total.